The van der Waals surface area contributed by atoms with Crippen molar-refractivity contribution >= 4 is 33.5 Å². The van der Waals surface area contributed by atoms with Crippen molar-refractivity contribution in [2.45, 2.75) is 71.3 Å². The van der Waals surface area contributed by atoms with E-state index < -0.39 is 18.0 Å². The van der Waals surface area contributed by atoms with Gasteiger partial charge < -0.3 is 9.47 Å². The van der Waals surface area contributed by atoms with Gasteiger partial charge in [-0.2, -0.15) is 0 Å². The van der Waals surface area contributed by atoms with E-state index in [1.807, 2.05) is 6.07 Å². The zero-order chi connectivity index (χ0) is 21.1. The van der Waals surface area contributed by atoms with E-state index in [0.717, 1.165) is 62.7 Å². The Labute approximate surface area is 175 Å². The number of hydrogen-bond acceptors (Lipinski definition) is 6. The molecule has 0 saturated carbocycles. The Morgan fingerprint density at radius 3 is 2.00 bits per heavy atom. The lowest BCUT2D eigenvalue weighted by Gasteiger charge is -2.17. The topological polar surface area (TPSA) is 74.6 Å². The second kappa shape index (κ2) is 12.4. The van der Waals surface area contributed by atoms with Gasteiger partial charge in [0.15, 0.2) is 0 Å². The number of unbranched alkanes of at least 4 members (excludes halogenated alkanes) is 6. The molecule has 1 heterocycles. The van der Waals surface area contributed by atoms with Crippen LogP contribution >= 0.6 is 11.3 Å². The summed E-state index contributed by atoms with van der Waals surface area (Å²) >= 11 is 1.00. The minimum atomic E-state index is -1.41. The van der Waals surface area contributed by atoms with Crippen molar-refractivity contribution in [1.82, 2.24) is 4.57 Å². The van der Waals surface area contributed by atoms with E-state index in [1.54, 1.807) is 18.2 Å². The number of rotatable bonds is 13. The first-order valence-electron chi connectivity index (χ1n) is 10.5. The third-order valence-corrected chi connectivity index (χ3v) is 5.64. The Morgan fingerprint density at radius 2 is 1.45 bits per heavy atom. The lowest BCUT2D eigenvalue weighted by molar-refractivity contribution is -0.160. The van der Waals surface area contributed by atoms with Crippen LogP contribution in [0.4, 0.5) is 0 Å². The third-order valence-electron chi connectivity index (χ3n) is 4.71. The molecule has 29 heavy (non-hydrogen) atoms. The van der Waals surface area contributed by atoms with Gasteiger partial charge in [0.2, 0.25) is 6.04 Å². The molecule has 2 aromatic rings. The molecule has 0 radical (unpaired) electrons. The highest BCUT2D eigenvalue weighted by molar-refractivity contribution is 7.16. The summed E-state index contributed by atoms with van der Waals surface area (Å²) in [6, 6.07) is 5.70. The molecule has 0 aliphatic rings. The van der Waals surface area contributed by atoms with E-state index in [2.05, 4.69) is 13.8 Å². The van der Waals surface area contributed by atoms with E-state index in [0.29, 0.717) is 10.2 Å². The first-order chi connectivity index (χ1) is 14.1. The number of hydrogen-bond donors (Lipinski definition) is 0. The summed E-state index contributed by atoms with van der Waals surface area (Å²) in [5.41, 5.74) is 0.540. The van der Waals surface area contributed by atoms with Crippen LogP contribution in [0.25, 0.3) is 10.2 Å². The lowest BCUT2D eigenvalue weighted by Crippen LogP contribution is -2.35. The Balaban J connectivity index is 2.16. The van der Waals surface area contributed by atoms with Gasteiger partial charge in [-0.3, -0.25) is 9.36 Å². The normalized spacial score (nSPS) is 11.1. The molecule has 1 aromatic heterocycles. The SMILES string of the molecule is CCCCCCOC(=O)C(C(=O)OCCCCCC)n1c(=O)sc2ccccc21. The molecule has 0 N–H and O–H groups in total. The molecule has 0 bridgehead atoms. The third kappa shape index (κ3) is 6.70. The van der Waals surface area contributed by atoms with Crippen molar-refractivity contribution in [1.29, 1.82) is 0 Å². The molecular weight excluding hydrogens is 390 g/mol. The smallest absolute Gasteiger partial charge is 0.341 e. The fourth-order valence-electron chi connectivity index (χ4n) is 3.10. The molecule has 0 atom stereocenters. The van der Waals surface area contributed by atoms with Crippen LogP contribution in [0.2, 0.25) is 0 Å². The van der Waals surface area contributed by atoms with Crippen molar-refractivity contribution < 1.29 is 19.1 Å². The number of carbonyl (C=O) groups is 2. The van der Waals surface area contributed by atoms with Crippen molar-refractivity contribution in [3.8, 4) is 0 Å². The van der Waals surface area contributed by atoms with Gasteiger partial charge in [-0.05, 0) is 25.0 Å². The van der Waals surface area contributed by atoms with Gasteiger partial charge >= 0.3 is 16.8 Å². The van der Waals surface area contributed by atoms with E-state index in [4.69, 9.17) is 9.47 Å². The molecule has 7 heteroatoms. The zero-order valence-electron chi connectivity index (χ0n) is 17.4. The van der Waals surface area contributed by atoms with Crippen LogP contribution in [0.1, 0.15) is 71.3 Å². The first kappa shape index (κ1) is 23.1. The first-order valence-corrected chi connectivity index (χ1v) is 11.3. The van der Waals surface area contributed by atoms with Crippen molar-refractivity contribution in [2.24, 2.45) is 0 Å². The molecular formula is C22H31NO5S. The molecule has 0 spiro atoms. The highest BCUT2D eigenvalue weighted by Crippen LogP contribution is 2.22. The molecule has 0 aliphatic carbocycles. The molecule has 0 aliphatic heterocycles. The Morgan fingerprint density at radius 1 is 0.897 bits per heavy atom. The van der Waals surface area contributed by atoms with E-state index in [9.17, 15) is 14.4 Å². The summed E-state index contributed by atoms with van der Waals surface area (Å²) in [6.45, 7) is 4.67. The number of fused-ring (bicyclic) bond motifs is 1. The van der Waals surface area contributed by atoms with Gasteiger partial charge in [-0.15, -0.1) is 0 Å². The van der Waals surface area contributed by atoms with Gasteiger partial charge in [0.1, 0.15) is 0 Å². The predicted molar refractivity (Wildman–Crippen MR) is 115 cm³/mol. The van der Waals surface area contributed by atoms with Crippen LogP contribution in [0.3, 0.4) is 0 Å². The number of thiazole rings is 1. The minimum absolute atomic E-state index is 0.232. The van der Waals surface area contributed by atoms with E-state index >= 15 is 0 Å². The van der Waals surface area contributed by atoms with Gasteiger partial charge in [0.05, 0.1) is 23.4 Å². The molecule has 0 amide bonds. The number of esters is 2. The van der Waals surface area contributed by atoms with Crippen molar-refractivity contribution in [2.75, 3.05) is 13.2 Å². The van der Waals surface area contributed by atoms with Crippen LogP contribution in [-0.4, -0.2) is 29.7 Å². The van der Waals surface area contributed by atoms with Gasteiger partial charge in [0, 0.05) is 0 Å². The molecule has 0 unspecified atom stereocenters. The Bertz CT molecular complexity index is 815. The fraction of sp³-hybridized carbons (Fsp3) is 0.591. The van der Waals surface area contributed by atoms with Crippen molar-refractivity contribution in [3.63, 3.8) is 0 Å². The summed E-state index contributed by atoms with van der Waals surface area (Å²) in [7, 11) is 0. The Hall–Kier alpha value is -2.15. The number of benzene rings is 1. The minimum Gasteiger partial charge on any atom is -0.464 e. The van der Waals surface area contributed by atoms with E-state index in [1.165, 1.54) is 4.57 Å². The standard InChI is InChI=1S/C22H31NO5S/c1-3-5-7-11-15-27-20(24)19(21(25)28-16-12-8-6-4-2)23-17-13-9-10-14-18(17)29-22(23)26/h9-10,13-14,19H,3-8,11-12,15-16H2,1-2H3. The van der Waals surface area contributed by atoms with Gasteiger partial charge in [-0.25, -0.2) is 9.59 Å². The molecule has 0 fully saturated rings. The summed E-state index contributed by atoms with van der Waals surface area (Å²) in [4.78, 5) is 37.7. The van der Waals surface area contributed by atoms with Crippen LogP contribution < -0.4 is 4.87 Å². The summed E-state index contributed by atoms with van der Waals surface area (Å²) in [6.07, 6.45) is 7.67. The maximum absolute atomic E-state index is 12.8. The molecule has 1 aromatic carbocycles. The summed E-state index contributed by atoms with van der Waals surface area (Å²) < 4.78 is 12.6. The summed E-state index contributed by atoms with van der Waals surface area (Å²) in [5, 5.41) is 0. The lowest BCUT2D eigenvalue weighted by atomic mass is 10.2. The van der Waals surface area contributed by atoms with Crippen LogP contribution in [0.15, 0.2) is 29.1 Å². The predicted octanol–water partition coefficient (Wildman–Crippen LogP) is 4.85. The number of carbonyl (C=O) groups excluding carboxylic acids is 2. The molecule has 6 nitrogen and oxygen atoms in total. The number of nitrogens with zero attached hydrogens (tertiary/aromatic N) is 1. The number of para-hydroxylation sites is 1. The highest BCUT2D eigenvalue weighted by atomic mass is 32.1. The van der Waals surface area contributed by atoms with Crippen LogP contribution in [0.5, 0.6) is 0 Å². The number of ether oxygens (including phenoxy) is 2. The van der Waals surface area contributed by atoms with Crippen molar-refractivity contribution in [3.05, 3.63) is 33.9 Å². The average Bonchev–Trinajstić information content (AvgIpc) is 3.04. The average molecular weight is 422 g/mol. The van der Waals surface area contributed by atoms with Gasteiger partial charge in [-0.1, -0.05) is 75.8 Å². The second-order valence-electron chi connectivity index (χ2n) is 7.06. The quantitative estimate of drug-likeness (QED) is 0.262. The summed E-state index contributed by atoms with van der Waals surface area (Å²) in [5.74, 6) is -1.46. The monoisotopic (exact) mass is 421 g/mol. The van der Waals surface area contributed by atoms with E-state index in [-0.39, 0.29) is 18.1 Å². The maximum Gasteiger partial charge on any atom is 0.341 e. The molecule has 160 valence electrons. The highest BCUT2D eigenvalue weighted by Gasteiger charge is 2.34. The second-order valence-corrected chi connectivity index (χ2v) is 8.06. The van der Waals surface area contributed by atoms with Gasteiger partial charge in [0.25, 0.3) is 0 Å². The van der Waals surface area contributed by atoms with Crippen LogP contribution in [-0.2, 0) is 19.1 Å². The van der Waals surface area contributed by atoms with Crippen LogP contribution in [0, 0.1) is 0 Å². The largest absolute Gasteiger partial charge is 0.464 e. The zero-order valence-corrected chi connectivity index (χ0v) is 18.2. The number of aromatic nitrogens is 1. The Kier molecular flexibility index (Phi) is 9.91. The fourth-order valence-corrected chi connectivity index (χ4v) is 4.00. The molecule has 2 rings (SSSR count). The molecule has 0 saturated heterocycles. The maximum atomic E-state index is 12.8.